The summed E-state index contributed by atoms with van der Waals surface area (Å²) in [6.45, 7) is 0. The fourth-order valence-corrected chi connectivity index (χ4v) is 1.03. The minimum Gasteiger partial charge on any atom is -0.495 e. The summed E-state index contributed by atoms with van der Waals surface area (Å²) in [6.07, 6.45) is 3.13. The first-order valence-corrected chi connectivity index (χ1v) is 3.94. The molecule has 2 N–H and O–H groups in total. The van der Waals surface area contributed by atoms with E-state index in [0.29, 0.717) is 12.0 Å². The summed E-state index contributed by atoms with van der Waals surface area (Å²) < 4.78 is 18.1. The second-order valence-electron chi connectivity index (χ2n) is 2.61. The normalized spacial score (nSPS) is 10.4. The summed E-state index contributed by atoms with van der Waals surface area (Å²) in [5, 5.41) is 0. The van der Waals surface area contributed by atoms with E-state index in [1.807, 2.05) is 0 Å². The monoisotopic (exact) mass is 195 g/mol. The van der Waals surface area contributed by atoms with Crippen LogP contribution in [0.25, 0.3) is 6.08 Å². The van der Waals surface area contributed by atoms with Crippen LogP contribution in [0.5, 0.6) is 5.75 Å². The van der Waals surface area contributed by atoms with E-state index in [0.717, 1.165) is 6.07 Å². The Hall–Kier alpha value is -1.84. The number of allylic oxidation sites excluding steroid dienone is 1. The van der Waals surface area contributed by atoms with Crippen LogP contribution >= 0.6 is 0 Å². The molecule has 0 aliphatic rings. The lowest BCUT2D eigenvalue weighted by molar-refractivity contribution is -0.104. The van der Waals surface area contributed by atoms with Crippen molar-refractivity contribution in [3.8, 4) is 5.75 Å². The third-order valence-corrected chi connectivity index (χ3v) is 1.70. The van der Waals surface area contributed by atoms with Crippen LogP contribution < -0.4 is 10.5 Å². The zero-order chi connectivity index (χ0) is 10.6. The fourth-order valence-electron chi connectivity index (χ4n) is 1.03. The maximum absolute atomic E-state index is 13.2. The topological polar surface area (TPSA) is 52.3 Å². The van der Waals surface area contributed by atoms with Crippen LogP contribution in [0.1, 0.15) is 5.56 Å². The molecule has 14 heavy (non-hydrogen) atoms. The lowest BCUT2D eigenvalue weighted by Crippen LogP contribution is -1.95. The predicted octanol–water partition coefficient (Wildman–Crippen LogP) is 1.63. The van der Waals surface area contributed by atoms with E-state index < -0.39 is 5.82 Å². The first-order valence-electron chi connectivity index (χ1n) is 3.94. The van der Waals surface area contributed by atoms with Crippen LogP contribution in [0.3, 0.4) is 0 Å². The number of hydrogen-bond donors (Lipinski definition) is 1. The standard InChI is InChI=1S/C10H10FNO2/c1-14-10-5-7(3-2-4-13)8(11)6-9(10)12/h2-6H,12H2,1H3. The van der Waals surface area contributed by atoms with Crippen molar-refractivity contribution in [3.63, 3.8) is 0 Å². The van der Waals surface area contributed by atoms with Gasteiger partial charge >= 0.3 is 0 Å². The van der Waals surface area contributed by atoms with E-state index >= 15 is 0 Å². The minimum atomic E-state index is -0.485. The summed E-state index contributed by atoms with van der Waals surface area (Å²) in [6, 6.07) is 2.59. The zero-order valence-corrected chi connectivity index (χ0v) is 7.66. The Morgan fingerprint density at radius 1 is 1.50 bits per heavy atom. The Balaban J connectivity index is 3.16. The number of aldehydes is 1. The van der Waals surface area contributed by atoms with E-state index in [2.05, 4.69) is 0 Å². The molecule has 0 atom stereocenters. The van der Waals surface area contributed by atoms with Crippen LogP contribution in [0, 0.1) is 5.82 Å². The molecule has 74 valence electrons. The minimum absolute atomic E-state index is 0.230. The van der Waals surface area contributed by atoms with E-state index in [-0.39, 0.29) is 11.3 Å². The van der Waals surface area contributed by atoms with Gasteiger partial charge in [-0.05, 0) is 18.2 Å². The van der Waals surface area contributed by atoms with Gasteiger partial charge in [-0.15, -0.1) is 0 Å². The number of ether oxygens (including phenoxy) is 1. The molecular weight excluding hydrogens is 185 g/mol. The molecule has 0 aromatic heterocycles. The SMILES string of the molecule is COc1cc(C=CC=O)c(F)cc1N. The molecular formula is C10H10FNO2. The van der Waals surface area contributed by atoms with Gasteiger partial charge in [-0.25, -0.2) is 4.39 Å². The molecule has 0 saturated carbocycles. The number of hydrogen-bond acceptors (Lipinski definition) is 3. The molecule has 0 radical (unpaired) electrons. The van der Waals surface area contributed by atoms with Gasteiger partial charge in [0, 0.05) is 11.6 Å². The third kappa shape index (κ3) is 2.10. The van der Waals surface area contributed by atoms with Crippen LogP contribution in [0.15, 0.2) is 18.2 Å². The molecule has 0 spiro atoms. The van der Waals surface area contributed by atoms with E-state index in [4.69, 9.17) is 10.5 Å². The van der Waals surface area contributed by atoms with Crippen molar-refractivity contribution >= 4 is 18.0 Å². The van der Waals surface area contributed by atoms with E-state index in [1.165, 1.54) is 25.3 Å². The Morgan fingerprint density at radius 3 is 2.79 bits per heavy atom. The predicted molar refractivity (Wildman–Crippen MR) is 52.5 cm³/mol. The highest BCUT2D eigenvalue weighted by Crippen LogP contribution is 2.25. The Labute approximate surface area is 81.0 Å². The van der Waals surface area contributed by atoms with E-state index in [9.17, 15) is 9.18 Å². The van der Waals surface area contributed by atoms with Crippen molar-refractivity contribution in [2.45, 2.75) is 0 Å². The molecule has 0 aliphatic heterocycles. The smallest absolute Gasteiger partial charge is 0.142 e. The number of methoxy groups -OCH3 is 1. The number of nitrogen functional groups attached to an aromatic ring is 1. The summed E-state index contributed by atoms with van der Waals surface area (Å²) in [7, 11) is 1.44. The highest BCUT2D eigenvalue weighted by molar-refractivity contribution is 5.75. The molecule has 0 heterocycles. The van der Waals surface area contributed by atoms with Crippen molar-refractivity contribution < 1.29 is 13.9 Å². The van der Waals surface area contributed by atoms with Crippen LogP contribution in [0.2, 0.25) is 0 Å². The van der Waals surface area contributed by atoms with Gasteiger partial charge in [0.25, 0.3) is 0 Å². The summed E-state index contributed by atoms with van der Waals surface area (Å²) >= 11 is 0. The quantitative estimate of drug-likeness (QED) is 0.453. The number of halogens is 1. The highest BCUT2D eigenvalue weighted by atomic mass is 19.1. The zero-order valence-electron chi connectivity index (χ0n) is 7.66. The van der Waals surface area contributed by atoms with Crippen molar-refractivity contribution in [1.82, 2.24) is 0 Å². The number of nitrogens with two attached hydrogens (primary N) is 1. The maximum Gasteiger partial charge on any atom is 0.142 e. The second kappa shape index (κ2) is 4.41. The first-order chi connectivity index (χ1) is 6.69. The van der Waals surface area contributed by atoms with Gasteiger partial charge in [0.2, 0.25) is 0 Å². The lowest BCUT2D eigenvalue weighted by Gasteiger charge is -2.05. The average Bonchev–Trinajstić information content (AvgIpc) is 2.17. The Kier molecular flexibility index (Phi) is 3.23. The summed E-state index contributed by atoms with van der Waals surface area (Å²) in [4.78, 5) is 10.0. The number of benzene rings is 1. The highest BCUT2D eigenvalue weighted by Gasteiger charge is 2.05. The first kappa shape index (κ1) is 10.2. The van der Waals surface area contributed by atoms with Crippen LogP contribution in [-0.4, -0.2) is 13.4 Å². The molecule has 1 aromatic carbocycles. The summed E-state index contributed by atoms with van der Waals surface area (Å²) in [5.41, 5.74) is 5.97. The van der Waals surface area contributed by atoms with E-state index in [1.54, 1.807) is 0 Å². The number of anilines is 1. The van der Waals surface area contributed by atoms with Gasteiger partial charge in [-0.2, -0.15) is 0 Å². The molecule has 0 amide bonds. The molecule has 3 nitrogen and oxygen atoms in total. The molecule has 1 rings (SSSR count). The number of rotatable bonds is 3. The van der Waals surface area contributed by atoms with Crippen molar-refractivity contribution in [2.75, 3.05) is 12.8 Å². The van der Waals surface area contributed by atoms with Gasteiger partial charge in [0.1, 0.15) is 17.9 Å². The second-order valence-corrected chi connectivity index (χ2v) is 2.61. The molecule has 4 heteroatoms. The van der Waals surface area contributed by atoms with Crippen molar-refractivity contribution in [1.29, 1.82) is 0 Å². The molecule has 1 aromatic rings. The largest absolute Gasteiger partial charge is 0.495 e. The summed E-state index contributed by atoms with van der Waals surface area (Å²) in [5.74, 6) is -0.0988. The van der Waals surface area contributed by atoms with Crippen molar-refractivity contribution in [3.05, 3.63) is 29.6 Å². The Morgan fingerprint density at radius 2 is 2.21 bits per heavy atom. The van der Waals surface area contributed by atoms with Crippen molar-refractivity contribution in [2.24, 2.45) is 0 Å². The van der Waals surface area contributed by atoms with Gasteiger partial charge in [-0.1, -0.05) is 0 Å². The molecule has 0 bridgehead atoms. The van der Waals surface area contributed by atoms with Gasteiger partial charge in [-0.3, -0.25) is 4.79 Å². The molecule has 0 fully saturated rings. The Bertz CT molecular complexity index is 375. The van der Waals surface area contributed by atoms with Gasteiger partial charge in [0.05, 0.1) is 12.8 Å². The van der Waals surface area contributed by atoms with Crippen LogP contribution in [-0.2, 0) is 4.79 Å². The van der Waals surface area contributed by atoms with Crippen LogP contribution in [0.4, 0.5) is 10.1 Å². The average molecular weight is 195 g/mol. The van der Waals surface area contributed by atoms with Gasteiger partial charge in [0.15, 0.2) is 0 Å². The number of carbonyl (C=O) groups is 1. The molecule has 0 unspecified atom stereocenters. The number of carbonyl (C=O) groups excluding carboxylic acids is 1. The maximum atomic E-state index is 13.2. The fraction of sp³-hybridized carbons (Fsp3) is 0.100. The molecule has 0 saturated heterocycles. The van der Waals surface area contributed by atoms with Gasteiger partial charge < -0.3 is 10.5 Å². The third-order valence-electron chi connectivity index (χ3n) is 1.70. The molecule has 0 aliphatic carbocycles. The lowest BCUT2D eigenvalue weighted by atomic mass is 10.1.